The predicted octanol–water partition coefficient (Wildman–Crippen LogP) is 3.82. The van der Waals surface area contributed by atoms with Crippen molar-refractivity contribution in [1.82, 2.24) is 9.55 Å². The molecule has 0 amide bonds. The monoisotopic (exact) mass is 273 g/mol. The maximum atomic E-state index is 5.66. The number of nitrogen functional groups attached to an aromatic ring is 1. The number of nitrogens with two attached hydrogens (primary N) is 1. The number of para-hydroxylation sites is 2. The molecule has 0 aliphatic heterocycles. The quantitative estimate of drug-likeness (QED) is 0.603. The van der Waals surface area contributed by atoms with Crippen LogP contribution in [-0.4, -0.2) is 9.55 Å². The molecule has 0 unspecified atom stereocenters. The summed E-state index contributed by atoms with van der Waals surface area (Å²) in [7, 11) is 0. The van der Waals surface area contributed by atoms with Crippen molar-refractivity contribution < 1.29 is 0 Å². The first-order valence-electron chi connectivity index (χ1n) is 6.99. The van der Waals surface area contributed by atoms with Crippen molar-refractivity contribution in [3.8, 4) is 0 Å². The molecule has 102 valence electrons. The zero-order valence-electron chi connectivity index (χ0n) is 11.5. The smallest absolute Gasteiger partial charge is 0.123 e. The predicted molar refractivity (Wildman–Crippen MR) is 87.2 cm³/mol. The zero-order chi connectivity index (χ0) is 14.2. The van der Waals surface area contributed by atoms with Gasteiger partial charge in [0.1, 0.15) is 5.82 Å². The van der Waals surface area contributed by atoms with E-state index in [1.165, 1.54) is 21.8 Å². The van der Waals surface area contributed by atoms with E-state index in [9.17, 15) is 0 Å². The molecule has 0 fully saturated rings. The second-order valence-electron chi connectivity index (χ2n) is 5.21. The average molecular weight is 273 g/mol. The second kappa shape index (κ2) is 4.63. The highest BCUT2D eigenvalue weighted by Crippen LogP contribution is 2.29. The lowest BCUT2D eigenvalue weighted by molar-refractivity contribution is 0.863. The number of pyridine rings is 1. The third kappa shape index (κ3) is 1.94. The van der Waals surface area contributed by atoms with Gasteiger partial charge in [-0.15, -0.1) is 0 Å². The highest BCUT2D eigenvalue weighted by Gasteiger charge is 2.09. The van der Waals surface area contributed by atoms with E-state index in [2.05, 4.69) is 58.1 Å². The minimum atomic E-state index is 0.556. The Morgan fingerprint density at radius 3 is 2.00 bits per heavy atom. The van der Waals surface area contributed by atoms with Gasteiger partial charge in [0.25, 0.3) is 0 Å². The first-order chi connectivity index (χ1) is 10.3. The number of fused-ring (bicyclic) bond motifs is 3. The Bertz CT molecular complexity index is 867. The van der Waals surface area contributed by atoms with E-state index in [1.807, 2.05) is 18.3 Å². The van der Waals surface area contributed by atoms with Gasteiger partial charge >= 0.3 is 0 Å². The van der Waals surface area contributed by atoms with Gasteiger partial charge in [-0.05, 0) is 23.8 Å². The van der Waals surface area contributed by atoms with Crippen LogP contribution in [0.1, 0.15) is 5.56 Å². The van der Waals surface area contributed by atoms with Crippen molar-refractivity contribution in [3.63, 3.8) is 0 Å². The second-order valence-corrected chi connectivity index (χ2v) is 5.21. The molecule has 0 radical (unpaired) electrons. The summed E-state index contributed by atoms with van der Waals surface area (Å²) < 4.78 is 2.33. The minimum absolute atomic E-state index is 0.556. The van der Waals surface area contributed by atoms with Crippen molar-refractivity contribution in [2.24, 2.45) is 0 Å². The van der Waals surface area contributed by atoms with Crippen LogP contribution in [0, 0.1) is 0 Å². The van der Waals surface area contributed by atoms with Gasteiger partial charge in [0.2, 0.25) is 0 Å². The Labute approximate surface area is 122 Å². The van der Waals surface area contributed by atoms with Crippen LogP contribution in [0.3, 0.4) is 0 Å². The van der Waals surface area contributed by atoms with Crippen molar-refractivity contribution in [1.29, 1.82) is 0 Å². The Kier molecular flexibility index (Phi) is 2.64. The molecule has 2 aromatic heterocycles. The fourth-order valence-electron chi connectivity index (χ4n) is 2.89. The maximum absolute atomic E-state index is 5.66. The molecule has 4 rings (SSSR count). The van der Waals surface area contributed by atoms with Crippen LogP contribution in [0.5, 0.6) is 0 Å². The number of rotatable bonds is 2. The number of benzene rings is 2. The third-order valence-corrected chi connectivity index (χ3v) is 3.87. The van der Waals surface area contributed by atoms with Crippen molar-refractivity contribution in [2.45, 2.75) is 6.54 Å². The van der Waals surface area contributed by atoms with Gasteiger partial charge < -0.3 is 10.3 Å². The van der Waals surface area contributed by atoms with Gasteiger partial charge in [-0.3, -0.25) is 0 Å². The summed E-state index contributed by atoms with van der Waals surface area (Å²) in [5.74, 6) is 0.556. The van der Waals surface area contributed by atoms with E-state index in [1.54, 1.807) is 0 Å². The van der Waals surface area contributed by atoms with Crippen molar-refractivity contribution >= 4 is 27.6 Å². The molecule has 0 saturated carbocycles. The van der Waals surface area contributed by atoms with Crippen LogP contribution in [0.25, 0.3) is 21.8 Å². The van der Waals surface area contributed by atoms with Crippen LogP contribution in [0.4, 0.5) is 5.82 Å². The van der Waals surface area contributed by atoms with Crippen molar-refractivity contribution in [2.75, 3.05) is 5.73 Å². The fraction of sp³-hybridized carbons (Fsp3) is 0.0556. The third-order valence-electron chi connectivity index (χ3n) is 3.87. The summed E-state index contributed by atoms with van der Waals surface area (Å²) in [4.78, 5) is 4.18. The van der Waals surface area contributed by atoms with E-state index in [0.29, 0.717) is 5.82 Å². The molecule has 0 spiro atoms. The van der Waals surface area contributed by atoms with Crippen LogP contribution in [0.2, 0.25) is 0 Å². The van der Waals surface area contributed by atoms with Crippen LogP contribution < -0.4 is 5.73 Å². The summed E-state index contributed by atoms with van der Waals surface area (Å²) in [6.07, 6.45) is 1.85. The summed E-state index contributed by atoms with van der Waals surface area (Å²) >= 11 is 0. The first kappa shape index (κ1) is 12.0. The van der Waals surface area contributed by atoms with Gasteiger partial charge in [0.15, 0.2) is 0 Å². The number of nitrogens with zero attached hydrogens (tertiary/aromatic N) is 2. The molecule has 3 heteroatoms. The number of hydrogen-bond acceptors (Lipinski definition) is 2. The van der Waals surface area contributed by atoms with Gasteiger partial charge in [-0.1, -0.05) is 42.5 Å². The SMILES string of the molecule is Nc1ccc(Cn2c3ccccc3c3ccccc32)cn1. The molecule has 2 aromatic carbocycles. The summed E-state index contributed by atoms with van der Waals surface area (Å²) in [5.41, 5.74) is 9.30. The Morgan fingerprint density at radius 1 is 0.810 bits per heavy atom. The molecule has 0 atom stereocenters. The Hall–Kier alpha value is -2.81. The zero-order valence-corrected chi connectivity index (χ0v) is 11.5. The number of anilines is 1. The largest absolute Gasteiger partial charge is 0.384 e. The Balaban J connectivity index is 1.95. The topological polar surface area (TPSA) is 43.8 Å². The molecular formula is C18H15N3. The van der Waals surface area contributed by atoms with Gasteiger partial charge in [-0.2, -0.15) is 0 Å². The molecule has 4 aromatic rings. The van der Waals surface area contributed by atoms with Gasteiger partial charge in [0, 0.05) is 34.5 Å². The molecule has 21 heavy (non-hydrogen) atoms. The lowest BCUT2D eigenvalue weighted by atomic mass is 10.2. The molecule has 2 heterocycles. The van der Waals surface area contributed by atoms with Gasteiger partial charge in [0.05, 0.1) is 0 Å². The Morgan fingerprint density at radius 2 is 1.43 bits per heavy atom. The fourth-order valence-corrected chi connectivity index (χ4v) is 2.89. The molecule has 2 N–H and O–H groups in total. The highest BCUT2D eigenvalue weighted by atomic mass is 15.0. The molecule has 0 bridgehead atoms. The van der Waals surface area contributed by atoms with E-state index in [-0.39, 0.29) is 0 Å². The van der Waals surface area contributed by atoms with Crippen LogP contribution in [0.15, 0.2) is 66.9 Å². The van der Waals surface area contributed by atoms with E-state index in [0.717, 1.165) is 12.1 Å². The normalized spacial score (nSPS) is 11.2. The van der Waals surface area contributed by atoms with E-state index in [4.69, 9.17) is 5.73 Å². The minimum Gasteiger partial charge on any atom is -0.384 e. The standard InChI is InChI=1S/C18H15N3/c19-18-10-9-13(11-20-18)12-21-16-7-3-1-5-14(16)15-6-2-4-8-17(15)21/h1-11H,12H2,(H2,19,20). The molecule has 0 aliphatic carbocycles. The highest BCUT2D eigenvalue weighted by molar-refractivity contribution is 6.08. The summed E-state index contributed by atoms with van der Waals surface area (Å²) in [5, 5.41) is 2.58. The van der Waals surface area contributed by atoms with E-state index >= 15 is 0 Å². The molecule has 0 aliphatic rings. The average Bonchev–Trinajstić information content (AvgIpc) is 2.85. The number of aromatic nitrogens is 2. The number of hydrogen-bond donors (Lipinski definition) is 1. The first-order valence-corrected chi connectivity index (χ1v) is 6.99. The molecular weight excluding hydrogens is 258 g/mol. The van der Waals surface area contributed by atoms with Crippen molar-refractivity contribution in [3.05, 3.63) is 72.4 Å². The molecule has 3 nitrogen and oxygen atoms in total. The maximum Gasteiger partial charge on any atom is 0.123 e. The van der Waals surface area contributed by atoms with Crippen LogP contribution in [-0.2, 0) is 6.54 Å². The lowest BCUT2D eigenvalue weighted by Gasteiger charge is -2.07. The van der Waals surface area contributed by atoms with Crippen LogP contribution >= 0.6 is 0 Å². The molecule has 0 saturated heterocycles. The summed E-state index contributed by atoms with van der Waals surface area (Å²) in [6, 6.07) is 20.9. The summed E-state index contributed by atoms with van der Waals surface area (Å²) in [6.45, 7) is 0.793. The van der Waals surface area contributed by atoms with Gasteiger partial charge in [-0.25, -0.2) is 4.98 Å². The van der Waals surface area contributed by atoms with E-state index < -0.39 is 0 Å². The lowest BCUT2D eigenvalue weighted by Crippen LogP contribution is -2.00.